The Hall–Kier alpha value is -1.61. The summed E-state index contributed by atoms with van der Waals surface area (Å²) in [5, 5.41) is 11.1. The standard InChI is InChI=1S/C16H18O2S/c1-11(2)14(10-16(17)18)12-5-7-13(8-6-12)15-4-3-9-19-15/h3-9,11,14H,10H2,1-2H3,(H,17,18). The smallest absolute Gasteiger partial charge is 0.303 e. The highest BCUT2D eigenvalue weighted by atomic mass is 32.1. The molecule has 1 atom stereocenters. The quantitative estimate of drug-likeness (QED) is 0.863. The molecule has 3 heteroatoms. The minimum Gasteiger partial charge on any atom is -0.481 e. The summed E-state index contributed by atoms with van der Waals surface area (Å²) in [5.74, 6) is -0.334. The van der Waals surface area contributed by atoms with Crippen molar-refractivity contribution in [2.75, 3.05) is 0 Å². The van der Waals surface area contributed by atoms with Gasteiger partial charge in [-0.25, -0.2) is 0 Å². The van der Waals surface area contributed by atoms with Gasteiger partial charge in [-0.1, -0.05) is 44.2 Å². The van der Waals surface area contributed by atoms with Crippen molar-refractivity contribution in [3.8, 4) is 10.4 Å². The molecule has 19 heavy (non-hydrogen) atoms. The highest BCUT2D eigenvalue weighted by Crippen LogP contribution is 2.31. The number of hydrogen-bond acceptors (Lipinski definition) is 2. The van der Waals surface area contributed by atoms with Crippen LogP contribution in [0.2, 0.25) is 0 Å². The Morgan fingerprint density at radius 2 is 1.89 bits per heavy atom. The second-order valence-electron chi connectivity index (χ2n) is 5.05. The van der Waals surface area contributed by atoms with Gasteiger partial charge >= 0.3 is 5.97 Å². The van der Waals surface area contributed by atoms with Gasteiger partial charge in [0.25, 0.3) is 0 Å². The summed E-state index contributed by atoms with van der Waals surface area (Å²) in [6, 6.07) is 12.4. The molecule has 0 aliphatic heterocycles. The molecule has 0 saturated heterocycles. The van der Waals surface area contributed by atoms with Crippen molar-refractivity contribution in [1.82, 2.24) is 0 Å². The first-order chi connectivity index (χ1) is 9.08. The summed E-state index contributed by atoms with van der Waals surface area (Å²) in [5.41, 5.74) is 2.30. The van der Waals surface area contributed by atoms with Crippen LogP contribution in [0.1, 0.15) is 31.7 Å². The lowest BCUT2D eigenvalue weighted by atomic mass is 9.85. The summed E-state index contributed by atoms with van der Waals surface area (Å²) in [6.45, 7) is 4.14. The van der Waals surface area contributed by atoms with Gasteiger partial charge in [-0.05, 0) is 34.4 Å². The molecule has 0 aliphatic rings. The SMILES string of the molecule is CC(C)C(CC(=O)O)c1ccc(-c2cccs2)cc1. The minimum atomic E-state index is -0.735. The molecule has 1 aromatic carbocycles. The van der Waals surface area contributed by atoms with E-state index < -0.39 is 5.97 Å². The number of hydrogen-bond donors (Lipinski definition) is 1. The summed E-state index contributed by atoms with van der Waals surface area (Å²) < 4.78 is 0. The molecule has 0 amide bonds. The first-order valence-electron chi connectivity index (χ1n) is 6.43. The largest absolute Gasteiger partial charge is 0.481 e. The van der Waals surface area contributed by atoms with E-state index in [4.69, 9.17) is 5.11 Å². The number of carboxylic acid groups (broad SMARTS) is 1. The van der Waals surface area contributed by atoms with Crippen LogP contribution in [0.25, 0.3) is 10.4 Å². The highest BCUT2D eigenvalue weighted by Gasteiger charge is 2.19. The molecule has 0 saturated carbocycles. The van der Waals surface area contributed by atoms with Crippen LogP contribution >= 0.6 is 11.3 Å². The molecular weight excluding hydrogens is 256 g/mol. The number of carbonyl (C=O) groups is 1. The molecule has 2 rings (SSSR count). The third-order valence-corrected chi connectivity index (χ3v) is 4.26. The van der Waals surface area contributed by atoms with Crippen LogP contribution in [0, 0.1) is 5.92 Å². The lowest BCUT2D eigenvalue weighted by molar-refractivity contribution is -0.137. The molecule has 2 nitrogen and oxygen atoms in total. The number of thiophene rings is 1. The minimum absolute atomic E-state index is 0.0786. The second kappa shape index (κ2) is 6.02. The molecule has 1 unspecified atom stereocenters. The second-order valence-corrected chi connectivity index (χ2v) is 6.00. The predicted molar refractivity (Wildman–Crippen MR) is 79.6 cm³/mol. The topological polar surface area (TPSA) is 37.3 Å². The molecule has 100 valence electrons. The van der Waals surface area contributed by atoms with E-state index in [0.717, 1.165) is 5.56 Å². The fourth-order valence-electron chi connectivity index (χ4n) is 2.26. The molecule has 0 bridgehead atoms. The summed E-state index contributed by atoms with van der Waals surface area (Å²) in [7, 11) is 0. The highest BCUT2D eigenvalue weighted by molar-refractivity contribution is 7.13. The Kier molecular flexibility index (Phi) is 4.38. The van der Waals surface area contributed by atoms with Crippen molar-refractivity contribution in [3.63, 3.8) is 0 Å². The molecule has 0 fully saturated rings. The maximum absolute atomic E-state index is 10.9. The number of rotatable bonds is 5. The van der Waals surface area contributed by atoms with E-state index in [0.29, 0.717) is 5.92 Å². The van der Waals surface area contributed by atoms with Gasteiger partial charge in [-0.2, -0.15) is 0 Å². The van der Waals surface area contributed by atoms with Crippen LogP contribution in [0.3, 0.4) is 0 Å². The zero-order chi connectivity index (χ0) is 13.8. The van der Waals surface area contributed by atoms with Crippen molar-refractivity contribution < 1.29 is 9.90 Å². The Morgan fingerprint density at radius 1 is 1.21 bits per heavy atom. The van der Waals surface area contributed by atoms with Crippen molar-refractivity contribution in [1.29, 1.82) is 0 Å². The monoisotopic (exact) mass is 274 g/mol. The van der Waals surface area contributed by atoms with Gasteiger partial charge in [0.05, 0.1) is 6.42 Å². The van der Waals surface area contributed by atoms with E-state index in [-0.39, 0.29) is 12.3 Å². The van der Waals surface area contributed by atoms with E-state index in [9.17, 15) is 4.79 Å². The Morgan fingerprint density at radius 3 is 2.37 bits per heavy atom. The van der Waals surface area contributed by atoms with Gasteiger partial charge in [0.1, 0.15) is 0 Å². The summed E-state index contributed by atoms with van der Waals surface area (Å²) in [6.07, 6.45) is 0.190. The van der Waals surface area contributed by atoms with Crippen LogP contribution in [0.4, 0.5) is 0 Å². The van der Waals surface area contributed by atoms with E-state index in [2.05, 4.69) is 49.6 Å². The zero-order valence-corrected chi connectivity index (χ0v) is 12.0. The fraction of sp³-hybridized carbons (Fsp3) is 0.312. The Balaban J connectivity index is 2.23. The van der Waals surface area contributed by atoms with E-state index in [1.54, 1.807) is 11.3 Å². The average Bonchev–Trinajstić information content (AvgIpc) is 2.89. The molecule has 2 aromatic rings. The molecule has 0 radical (unpaired) electrons. The van der Waals surface area contributed by atoms with Gasteiger partial charge in [0.2, 0.25) is 0 Å². The van der Waals surface area contributed by atoms with Crippen LogP contribution in [-0.4, -0.2) is 11.1 Å². The normalized spacial score (nSPS) is 12.6. The fourth-order valence-corrected chi connectivity index (χ4v) is 3.00. The van der Waals surface area contributed by atoms with Crippen LogP contribution in [0.15, 0.2) is 41.8 Å². The van der Waals surface area contributed by atoms with Crippen LogP contribution in [-0.2, 0) is 4.79 Å². The summed E-state index contributed by atoms with van der Waals surface area (Å²) in [4.78, 5) is 12.2. The average molecular weight is 274 g/mol. The Bertz CT molecular complexity index is 526. The van der Waals surface area contributed by atoms with Gasteiger partial charge in [-0.3, -0.25) is 4.79 Å². The first-order valence-corrected chi connectivity index (χ1v) is 7.31. The van der Waals surface area contributed by atoms with Gasteiger partial charge in [-0.15, -0.1) is 11.3 Å². The zero-order valence-electron chi connectivity index (χ0n) is 11.2. The molecule has 1 heterocycles. The van der Waals surface area contributed by atoms with Gasteiger partial charge in [0, 0.05) is 4.88 Å². The van der Waals surface area contributed by atoms with Gasteiger partial charge < -0.3 is 5.11 Å². The van der Waals surface area contributed by atoms with Crippen molar-refractivity contribution in [3.05, 3.63) is 47.3 Å². The maximum atomic E-state index is 10.9. The molecule has 0 aliphatic carbocycles. The van der Waals surface area contributed by atoms with Crippen molar-refractivity contribution in [2.45, 2.75) is 26.2 Å². The molecule has 1 aromatic heterocycles. The maximum Gasteiger partial charge on any atom is 0.303 e. The van der Waals surface area contributed by atoms with E-state index in [1.807, 2.05) is 6.07 Å². The van der Waals surface area contributed by atoms with Crippen molar-refractivity contribution in [2.24, 2.45) is 5.92 Å². The predicted octanol–water partition coefficient (Wildman–Crippen LogP) is 4.63. The lowest BCUT2D eigenvalue weighted by Crippen LogP contribution is -2.12. The molecular formula is C16H18O2S. The molecule has 0 spiro atoms. The molecule has 1 N–H and O–H groups in total. The van der Waals surface area contributed by atoms with Crippen molar-refractivity contribution >= 4 is 17.3 Å². The lowest BCUT2D eigenvalue weighted by Gasteiger charge is -2.19. The Labute approximate surface area is 117 Å². The third-order valence-electron chi connectivity index (χ3n) is 3.34. The van der Waals surface area contributed by atoms with Gasteiger partial charge in [0.15, 0.2) is 0 Å². The number of carboxylic acids is 1. The first kappa shape index (κ1) is 13.8. The van der Waals surface area contributed by atoms with Crippen LogP contribution < -0.4 is 0 Å². The number of benzene rings is 1. The number of aliphatic carboxylic acids is 1. The van der Waals surface area contributed by atoms with E-state index >= 15 is 0 Å². The summed E-state index contributed by atoms with van der Waals surface area (Å²) >= 11 is 1.71. The van der Waals surface area contributed by atoms with E-state index in [1.165, 1.54) is 10.4 Å². The third kappa shape index (κ3) is 3.44. The van der Waals surface area contributed by atoms with Crippen LogP contribution in [0.5, 0.6) is 0 Å².